The first-order chi connectivity index (χ1) is 2.91. The SMILES string of the molecule is CC#CCSC. The molecule has 0 bridgehead atoms. The lowest BCUT2D eigenvalue weighted by Crippen LogP contribution is -1.61. The summed E-state index contributed by atoms with van der Waals surface area (Å²) in [5, 5.41) is 0. The van der Waals surface area contributed by atoms with Crippen molar-refractivity contribution < 1.29 is 0 Å². The second-order valence-electron chi connectivity index (χ2n) is 0.860. The van der Waals surface area contributed by atoms with E-state index in [0.717, 1.165) is 5.75 Å². The Morgan fingerprint density at radius 2 is 2.33 bits per heavy atom. The van der Waals surface area contributed by atoms with Crippen LogP contribution < -0.4 is 0 Å². The van der Waals surface area contributed by atoms with Crippen LogP contribution in [0.2, 0.25) is 0 Å². The Morgan fingerprint density at radius 1 is 1.67 bits per heavy atom. The smallest absolute Gasteiger partial charge is 0.0544 e. The van der Waals surface area contributed by atoms with Crippen molar-refractivity contribution in [3.63, 3.8) is 0 Å². The molecule has 0 aromatic heterocycles. The van der Waals surface area contributed by atoms with Crippen molar-refractivity contribution in [3.8, 4) is 11.8 Å². The van der Waals surface area contributed by atoms with Crippen LogP contribution in [0.4, 0.5) is 0 Å². The van der Waals surface area contributed by atoms with Gasteiger partial charge in [0, 0.05) is 0 Å². The van der Waals surface area contributed by atoms with Gasteiger partial charge in [-0.3, -0.25) is 0 Å². The van der Waals surface area contributed by atoms with Gasteiger partial charge in [0.1, 0.15) is 0 Å². The van der Waals surface area contributed by atoms with Crippen molar-refractivity contribution in [2.45, 2.75) is 6.92 Å². The third-order valence-electron chi connectivity index (χ3n) is 0.393. The third-order valence-corrected chi connectivity index (χ3v) is 0.826. The largest absolute Gasteiger partial charge is 0.152 e. The Kier molecular flexibility index (Phi) is 4.84. The summed E-state index contributed by atoms with van der Waals surface area (Å²) >= 11 is 1.75. The van der Waals surface area contributed by atoms with Gasteiger partial charge in [-0.2, -0.15) is 11.8 Å². The molecule has 0 radical (unpaired) electrons. The molecule has 0 aliphatic rings. The summed E-state index contributed by atoms with van der Waals surface area (Å²) < 4.78 is 0. The molecule has 0 atom stereocenters. The molecule has 0 fully saturated rings. The number of thioether (sulfide) groups is 1. The Labute approximate surface area is 43.3 Å². The molecule has 0 saturated heterocycles. The van der Waals surface area contributed by atoms with E-state index >= 15 is 0 Å². The zero-order chi connectivity index (χ0) is 4.83. The van der Waals surface area contributed by atoms with Crippen molar-refractivity contribution in [1.29, 1.82) is 0 Å². The molecule has 0 rings (SSSR count). The van der Waals surface area contributed by atoms with Gasteiger partial charge in [-0.05, 0) is 13.2 Å². The van der Waals surface area contributed by atoms with Crippen LogP contribution in [0, 0.1) is 11.8 Å². The second kappa shape index (κ2) is 4.91. The molecule has 0 N–H and O–H groups in total. The van der Waals surface area contributed by atoms with Crippen molar-refractivity contribution in [2.24, 2.45) is 0 Å². The molecular formula is C5H8S. The van der Waals surface area contributed by atoms with Gasteiger partial charge < -0.3 is 0 Å². The Morgan fingerprint density at radius 3 is 2.50 bits per heavy atom. The van der Waals surface area contributed by atoms with Gasteiger partial charge in [-0.1, -0.05) is 5.92 Å². The Balaban J connectivity index is 2.79. The van der Waals surface area contributed by atoms with E-state index in [0.29, 0.717) is 0 Å². The van der Waals surface area contributed by atoms with E-state index in [2.05, 4.69) is 11.8 Å². The van der Waals surface area contributed by atoms with Gasteiger partial charge in [-0.15, -0.1) is 5.92 Å². The van der Waals surface area contributed by atoms with Gasteiger partial charge in [0.05, 0.1) is 5.75 Å². The molecule has 0 aromatic rings. The Hall–Kier alpha value is -0.0900. The summed E-state index contributed by atoms with van der Waals surface area (Å²) in [5.41, 5.74) is 0. The topological polar surface area (TPSA) is 0 Å². The second-order valence-corrected chi connectivity index (χ2v) is 1.73. The Bertz CT molecular complexity index is 65.7. The van der Waals surface area contributed by atoms with Crippen LogP contribution in [0.3, 0.4) is 0 Å². The molecule has 0 saturated carbocycles. The minimum Gasteiger partial charge on any atom is -0.152 e. The zero-order valence-corrected chi connectivity index (χ0v) is 4.93. The third kappa shape index (κ3) is 3.91. The minimum atomic E-state index is 0.969. The summed E-state index contributed by atoms with van der Waals surface area (Å²) in [6.45, 7) is 1.86. The maximum absolute atomic E-state index is 2.91. The predicted molar refractivity (Wildman–Crippen MR) is 31.8 cm³/mol. The van der Waals surface area contributed by atoms with Crippen LogP contribution in [0.25, 0.3) is 0 Å². The highest BCUT2D eigenvalue weighted by atomic mass is 32.2. The number of hydrogen-bond donors (Lipinski definition) is 0. The molecule has 6 heavy (non-hydrogen) atoms. The van der Waals surface area contributed by atoms with Gasteiger partial charge in [0.25, 0.3) is 0 Å². The van der Waals surface area contributed by atoms with Crippen LogP contribution in [0.15, 0.2) is 0 Å². The molecule has 0 aliphatic carbocycles. The standard InChI is InChI=1S/C5H8S/c1-3-4-5-6-2/h5H2,1-2H3. The van der Waals surface area contributed by atoms with Crippen LogP contribution >= 0.6 is 11.8 Å². The lowest BCUT2D eigenvalue weighted by atomic mass is 10.7. The summed E-state index contributed by atoms with van der Waals surface area (Å²) in [6.07, 6.45) is 2.05. The van der Waals surface area contributed by atoms with Crippen molar-refractivity contribution >= 4 is 11.8 Å². The highest BCUT2D eigenvalue weighted by Gasteiger charge is 1.62. The summed E-state index contributed by atoms with van der Waals surface area (Å²) in [4.78, 5) is 0. The lowest BCUT2D eigenvalue weighted by molar-refractivity contribution is 1.84. The molecule has 34 valence electrons. The highest BCUT2D eigenvalue weighted by molar-refractivity contribution is 7.98. The van der Waals surface area contributed by atoms with Crippen molar-refractivity contribution in [2.75, 3.05) is 12.0 Å². The van der Waals surface area contributed by atoms with Gasteiger partial charge in [-0.25, -0.2) is 0 Å². The first-order valence-electron chi connectivity index (χ1n) is 1.80. The van der Waals surface area contributed by atoms with Crippen LogP contribution in [0.5, 0.6) is 0 Å². The van der Waals surface area contributed by atoms with E-state index in [1.807, 2.05) is 13.2 Å². The van der Waals surface area contributed by atoms with Crippen LogP contribution in [-0.4, -0.2) is 12.0 Å². The number of rotatable bonds is 1. The minimum absolute atomic E-state index is 0.969. The summed E-state index contributed by atoms with van der Waals surface area (Å²) in [7, 11) is 0. The molecule has 0 heterocycles. The summed E-state index contributed by atoms with van der Waals surface area (Å²) in [5.74, 6) is 6.68. The predicted octanol–water partition coefficient (Wildman–Crippen LogP) is 1.37. The average molecular weight is 100 g/mol. The number of hydrogen-bond acceptors (Lipinski definition) is 1. The lowest BCUT2D eigenvalue weighted by Gasteiger charge is -1.72. The van der Waals surface area contributed by atoms with E-state index in [-0.39, 0.29) is 0 Å². The van der Waals surface area contributed by atoms with Crippen molar-refractivity contribution in [1.82, 2.24) is 0 Å². The first-order valence-corrected chi connectivity index (χ1v) is 3.19. The van der Waals surface area contributed by atoms with Crippen molar-refractivity contribution in [3.05, 3.63) is 0 Å². The van der Waals surface area contributed by atoms with Gasteiger partial charge >= 0.3 is 0 Å². The van der Waals surface area contributed by atoms with Gasteiger partial charge in [0.15, 0.2) is 0 Å². The maximum Gasteiger partial charge on any atom is 0.0544 e. The molecule has 0 amide bonds. The molecule has 0 aliphatic heterocycles. The first kappa shape index (κ1) is 5.91. The molecular weight excluding hydrogens is 92.1 g/mol. The maximum atomic E-state index is 2.91. The fourth-order valence-corrected chi connectivity index (χ4v) is 0.433. The van der Waals surface area contributed by atoms with E-state index in [9.17, 15) is 0 Å². The van der Waals surface area contributed by atoms with Crippen LogP contribution in [0.1, 0.15) is 6.92 Å². The highest BCUT2D eigenvalue weighted by Crippen LogP contribution is 1.85. The van der Waals surface area contributed by atoms with E-state index in [1.54, 1.807) is 11.8 Å². The molecule has 1 heteroatoms. The van der Waals surface area contributed by atoms with E-state index < -0.39 is 0 Å². The molecule has 0 spiro atoms. The van der Waals surface area contributed by atoms with Crippen LogP contribution in [-0.2, 0) is 0 Å². The van der Waals surface area contributed by atoms with E-state index in [1.165, 1.54) is 0 Å². The normalized spacial score (nSPS) is 6.33. The molecule has 0 unspecified atom stereocenters. The zero-order valence-electron chi connectivity index (χ0n) is 4.12. The summed E-state index contributed by atoms with van der Waals surface area (Å²) in [6, 6.07) is 0. The monoisotopic (exact) mass is 100 g/mol. The fourth-order valence-electron chi connectivity index (χ4n) is 0.144. The van der Waals surface area contributed by atoms with E-state index in [4.69, 9.17) is 0 Å². The molecule has 0 aromatic carbocycles. The fraction of sp³-hybridized carbons (Fsp3) is 0.600. The molecule has 0 nitrogen and oxygen atoms in total. The quantitative estimate of drug-likeness (QED) is 0.448. The average Bonchev–Trinajstić information content (AvgIpc) is 1.61. The van der Waals surface area contributed by atoms with Gasteiger partial charge in [0.2, 0.25) is 0 Å².